The first kappa shape index (κ1) is 54.3. The predicted octanol–water partition coefficient (Wildman–Crippen LogP) is 5.22. The van der Waals surface area contributed by atoms with Crippen molar-refractivity contribution in [2.24, 2.45) is 5.41 Å². The number of carbonyl (C=O) groups excluding carboxylic acids is 4. The third-order valence-electron chi connectivity index (χ3n) is 12.4. The number of benzene rings is 3. The van der Waals surface area contributed by atoms with E-state index < -0.39 is 51.0 Å². The highest BCUT2D eigenvalue weighted by Gasteiger charge is 2.44. The molecule has 2 aliphatic heterocycles. The highest BCUT2D eigenvalue weighted by molar-refractivity contribution is 7.89. The van der Waals surface area contributed by atoms with Gasteiger partial charge in [-0.1, -0.05) is 51.1 Å². The number of hydrogen-bond donors (Lipinski definition) is 7. The molecule has 2 aromatic heterocycles. The van der Waals surface area contributed by atoms with E-state index in [9.17, 15) is 32.7 Å². The monoisotopic (exact) mass is 1040 g/mol. The van der Waals surface area contributed by atoms with Crippen molar-refractivity contribution in [3.05, 3.63) is 101 Å². The molecule has 21 heteroatoms. The summed E-state index contributed by atoms with van der Waals surface area (Å²) in [5.74, 6) is -0.577. The minimum atomic E-state index is -3.73. The van der Waals surface area contributed by atoms with E-state index in [2.05, 4.69) is 56.1 Å². The highest BCUT2D eigenvalue weighted by Crippen LogP contribution is 2.30. The van der Waals surface area contributed by atoms with Crippen LogP contribution in [0.15, 0.2) is 89.4 Å². The molecule has 5 aromatic rings. The van der Waals surface area contributed by atoms with Crippen LogP contribution in [0.5, 0.6) is 0 Å². The van der Waals surface area contributed by atoms with Crippen molar-refractivity contribution in [3.63, 3.8) is 0 Å². The lowest BCUT2D eigenvalue weighted by Gasteiger charge is -2.36. The Kier molecular flexibility index (Phi) is 17.2. The molecule has 4 heterocycles. The number of β-amino-alcohol motifs (C(OH)–C–C–N with tert-alkyl or cyclic N) is 1. The summed E-state index contributed by atoms with van der Waals surface area (Å²) < 4.78 is 28.6. The SMILES string of the molecule is Cc1cnc(Nc2ccc(N3CCN(CC(=O)NCCC(=O)N[C@H](C(=O)N4C[C@H](O)C[C@H]4C(=O)NCc4ccc(-c5scnc5C)cc4)C(C)(C)C)CC3)cc2)nc1Nc1cccc(S(=O)(=O)NC(C)(C)C)c1. The zero-order chi connectivity index (χ0) is 52.7. The summed E-state index contributed by atoms with van der Waals surface area (Å²) in [6.45, 7) is 17.9. The second-order valence-electron chi connectivity index (χ2n) is 20.7. The lowest BCUT2D eigenvalue weighted by Crippen LogP contribution is -2.58. The maximum Gasteiger partial charge on any atom is 0.246 e. The number of anilines is 5. The van der Waals surface area contributed by atoms with Gasteiger partial charge in [0.05, 0.1) is 33.6 Å². The van der Waals surface area contributed by atoms with Crippen LogP contribution in [0.2, 0.25) is 0 Å². The number of likely N-dealkylation sites (tertiary alicyclic amines) is 1. The molecule has 390 valence electrons. The largest absolute Gasteiger partial charge is 0.391 e. The van der Waals surface area contributed by atoms with Crippen molar-refractivity contribution < 1.29 is 32.7 Å². The van der Waals surface area contributed by atoms with Crippen molar-refractivity contribution in [2.75, 3.05) is 61.3 Å². The number of piperazine rings is 1. The second kappa shape index (κ2) is 23.1. The normalized spacial score (nSPS) is 16.9. The summed E-state index contributed by atoms with van der Waals surface area (Å²) in [6, 6.07) is 20.4. The number of thiazole rings is 1. The molecule has 0 spiro atoms. The zero-order valence-electron chi connectivity index (χ0n) is 42.8. The van der Waals surface area contributed by atoms with Gasteiger partial charge in [-0.25, -0.2) is 23.1 Å². The molecule has 7 rings (SSSR count). The minimum absolute atomic E-state index is 0.0324. The zero-order valence-corrected chi connectivity index (χ0v) is 44.4. The fraction of sp³-hybridized carbons (Fsp3) is 0.442. The molecule has 2 aliphatic rings. The molecule has 0 radical (unpaired) electrons. The Morgan fingerprint density at radius 1 is 0.849 bits per heavy atom. The van der Waals surface area contributed by atoms with Crippen LogP contribution in [-0.4, -0.2) is 131 Å². The lowest BCUT2D eigenvalue weighted by molar-refractivity contribution is -0.144. The summed E-state index contributed by atoms with van der Waals surface area (Å²) in [5, 5.41) is 25.7. The Balaban J connectivity index is 0.830. The van der Waals surface area contributed by atoms with Gasteiger partial charge >= 0.3 is 0 Å². The minimum Gasteiger partial charge on any atom is -0.391 e. The Labute approximate surface area is 432 Å². The van der Waals surface area contributed by atoms with Crippen molar-refractivity contribution in [1.82, 2.24) is 45.4 Å². The Morgan fingerprint density at radius 3 is 2.22 bits per heavy atom. The number of nitrogens with zero attached hydrogens (tertiary/aromatic N) is 6. The third kappa shape index (κ3) is 14.8. The van der Waals surface area contributed by atoms with Gasteiger partial charge in [0, 0.05) is 93.0 Å². The van der Waals surface area contributed by atoms with E-state index in [1.165, 1.54) is 4.90 Å². The number of aryl methyl sites for hydroxylation is 2. The van der Waals surface area contributed by atoms with Crippen LogP contribution in [0.1, 0.15) is 71.2 Å². The Bertz CT molecular complexity index is 2860. The van der Waals surface area contributed by atoms with Gasteiger partial charge in [-0.05, 0) is 93.6 Å². The van der Waals surface area contributed by atoms with Crippen molar-refractivity contribution in [1.29, 1.82) is 0 Å². The molecule has 7 N–H and O–H groups in total. The summed E-state index contributed by atoms with van der Waals surface area (Å²) in [4.78, 5) is 74.1. The molecule has 4 amide bonds. The van der Waals surface area contributed by atoms with Crippen LogP contribution in [0.4, 0.5) is 28.8 Å². The first-order chi connectivity index (χ1) is 34.5. The van der Waals surface area contributed by atoms with E-state index in [-0.39, 0.29) is 55.7 Å². The molecule has 2 saturated heterocycles. The number of aliphatic hydroxyl groups excluding tert-OH is 1. The average Bonchev–Trinajstić information content (AvgIpc) is 3.95. The number of aliphatic hydroxyl groups is 1. The Hall–Kier alpha value is -6.52. The number of amides is 4. The van der Waals surface area contributed by atoms with Gasteiger partial charge in [-0.2, -0.15) is 4.98 Å². The van der Waals surface area contributed by atoms with E-state index in [0.717, 1.165) is 38.6 Å². The number of rotatable bonds is 18. The highest BCUT2D eigenvalue weighted by atomic mass is 32.2. The van der Waals surface area contributed by atoms with Gasteiger partial charge in [0.15, 0.2) is 0 Å². The maximum absolute atomic E-state index is 14.1. The van der Waals surface area contributed by atoms with Crippen LogP contribution in [0, 0.1) is 19.3 Å². The van der Waals surface area contributed by atoms with Gasteiger partial charge in [0.2, 0.25) is 39.6 Å². The molecule has 2 fully saturated rings. The molecule has 19 nitrogen and oxygen atoms in total. The second-order valence-corrected chi connectivity index (χ2v) is 23.2. The number of hydrogen-bond acceptors (Lipinski definition) is 15. The fourth-order valence-electron chi connectivity index (χ4n) is 8.61. The standard InChI is InChI=1S/C52H68N12O7S2/c1-33-28-55-50(60-47(33)57-38-10-9-11-41(26-38)73(70,71)61-52(6,7)8)58-37-16-18-39(19-17-37)63-24-22-62(23-25-63)31-44(67)53-21-20-43(66)59-46(51(3,4)5)49(69)64-30-40(65)27-42(64)48(68)54-29-35-12-14-36(15-13-35)45-34(2)56-32-72-45/h9-19,26,28,32,40,42,46,61,65H,20-25,27,29-31H2,1-8H3,(H,53,67)(H,54,68)(H,59,66)(H2,55,57,58,60)/t40-,42+,46-/m1/s1. The van der Waals surface area contributed by atoms with Crippen molar-refractivity contribution >= 4 is 73.8 Å². The smallest absolute Gasteiger partial charge is 0.246 e. The molecular weight excluding hydrogens is 969 g/mol. The molecular formula is C52H68N12O7S2. The topological polar surface area (TPSA) is 243 Å². The predicted molar refractivity (Wildman–Crippen MR) is 284 cm³/mol. The van der Waals surface area contributed by atoms with Crippen LogP contribution in [0.25, 0.3) is 10.4 Å². The molecule has 3 aromatic carbocycles. The van der Waals surface area contributed by atoms with Crippen LogP contribution in [0.3, 0.4) is 0 Å². The molecule has 0 aliphatic carbocycles. The Morgan fingerprint density at radius 2 is 1.56 bits per heavy atom. The molecule has 73 heavy (non-hydrogen) atoms. The van der Waals surface area contributed by atoms with E-state index in [4.69, 9.17) is 0 Å². The van der Waals surface area contributed by atoms with Gasteiger partial charge in [-0.15, -0.1) is 11.3 Å². The molecule has 0 saturated carbocycles. The average molecular weight is 1040 g/mol. The van der Waals surface area contributed by atoms with Crippen LogP contribution < -0.4 is 36.2 Å². The van der Waals surface area contributed by atoms with E-state index in [1.807, 2.05) is 88.7 Å². The molecule has 3 atom stereocenters. The maximum atomic E-state index is 14.1. The van der Waals surface area contributed by atoms with Crippen molar-refractivity contribution in [2.45, 2.75) is 103 Å². The summed E-state index contributed by atoms with van der Waals surface area (Å²) in [5.41, 5.74) is 6.48. The van der Waals surface area contributed by atoms with Gasteiger partial charge in [0.25, 0.3) is 0 Å². The molecule has 0 bridgehead atoms. The first-order valence-electron chi connectivity index (χ1n) is 24.4. The summed E-state index contributed by atoms with van der Waals surface area (Å²) >= 11 is 1.57. The van der Waals surface area contributed by atoms with Gasteiger partial charge < -0.3 is 41.5 Å². The van der Waals surface area contributed by atoms with Crippen LogP contribution in [-0.2, 0) is 35.7 Å². The van der Waals surface area contributed by atoms with Gasteiger partial charge in [-0.3, -0.25) is 24.1 Å². The van der Waals surface area contributed by atoms with E-state index >= 15 is 0 Å². The number of carbonyl (C=O) groups is 4. The van der Waals surface area contributed by atoms with Crippen LogP contribution >= 0.6 is 11.3 Å². The van der Waals surface area contributed by atoms with E-state index in [1.54, 1.807) is 62.6 Å². The number of sulfonamides is 1. The van der Waals surface area contributed by atoms with Crippen molar-refractivity contribution in [3.8, 4) is 10.4 Å². The third-order valence-corrected chi connectivity index (χ3v) is 15.2. The lowest BCUT2D eigenvalue weighted by atomic mass is 9.85. The number of aromatic nitrogens is 3. The fourth-order valence-corrected chi connectivity index (χ4v) is 10.9. The quantitative estimate of drug-likeness (QED) is 0.0596. The van der Waals surface area contributed by atoms with E-state index in [0.29, 0.717) is 43.6 Å². The molecule has 0 unspecified atom stereocenters. The van der Waals surface area contributed by atoms with Gasteiger partial charge in [0.1, 0.15) is 17.9 Å². The summed E-state index contributed by atoms with van der Waals surface area (Å²) in [6.07, 6.45) is 0.830. The number of nitrogens with one attached hydrogen (secondary N) is 6. The first-order valence-corrected chi connectivity index (χ1v) is 26.8. The summed E-state index contributed by atoms with van der Waals surface area (Å²) in [7, 11) is -3.73.